The highest BCUT2D eigenvalue weighted by Crippen LogP contribution is 2.46. The van der Waals surface area contributed by atoms with Crippen molar-refractivity contribution in [3.05, 3.63) is 63.0 Å². The first-order chi connectivity index (χ1) is 12.9. The molecule has 0 saturated heterocycles. The highest BCUT2D eigenvalue weighted by molar-refractivity contribution is 7.16. The van der Waals surface area contributed by atoms with Gasteiger partial charge in [-0.15, -0.1) is 11.3 Å². The van der Waals surface area contributed by atoms with E-state index in [2.05, 4.69) is 17.3 Å². The van der Waals surface area contributed by atoms with Crippen molar-refractivity contribution in [2.45, 2.75) is 19.4 Å². The highest BCUT2D eigenvalue weighted by Gasteiger charge is 2.47. The van der Waals surface area contributed by atoms with Gasteiger partial charge >= 0.3 is 0 Å². The van der Waals surface area contributed by atoms with E-state index in [9.17, 15) is 9.59 Å². The van der Waals surface area contributed by atoms with Gasteiger partial charge in [-0.25, -0.2) is 0 Å². The van der Waals surface area contributed by atoms with Gasteiger partial charge in [-0.3, -0.25) is 9.59 Å². The zero-order valence-electron chi connectivity index (χ0n) is 14.7. The Labute approximate surface area is 165 Å². The maximum atomic E-state index is 12.9. The number of aromatic nitrogens is 3. The monoisotopic (exact) mass is 401 g/mol. The van der Waals surface area contributed by atoms with E-state index in [-0.39, 0.29) is 11.5 Å². The van der Waals surface area contributed by atoms with Gasteiger partial charge in [-0.2, -0.15) is 9.78 Å². The second-order valence-corrected chi connectivity index (χ2v) is 8.61. The van der Waals surface area contributed by atoms with Gasteiger partial charge in [-0.05, 0) is 44.0 Å². The molecule has 1 radical (unpaired) electrons. The van der Waals surface area contributed by atoms with Crippen molar-refractivity contribution < 1.29 is 4.79 Å². The summed E-state index contributed by atoms with van der Waals surface area (Å²) in [6.45, 7) is 4.52. The van der Waals surface area contributed by atoms with E-state index < -0.39 is 5.41 Å². The molecule has 8 heteroatoms. The van der Waals surface area contributed by atoms with Gasteiger partial charge in [0.15, 0.2) is 0 Å². The normalized spacial score (nSPS) is 14.9. The molecule has 4 rings (SSSR count). The third-order valence-electron chi connectivity index (χ3n) is 4.68. The van der Waals surface area contributed by atoms with Crippen LogP contribution in [0.15, 0.2) is 41.3 Å². The number of hydrogen-bond donors (Lipinski definition) is 1. The summed E-state index contributed by atoms with van der Waals surface area (Å²) in [7, 11) is 1.68. The fourth-order valence-electron chi connectivity index (χ4n) is 2.80. The number of hydrogen-bond acceptors (Lipinski definition) is 5. The summed E-state index contributed by atoms with van der Waals surface area (Å²) in [6, 6.07) is 8.98. The van der Waals surface area contributed by atoms with Crippen LogP contribution in [0.2, 0.25) is 4.34 Å². The topological polar surface area (TPSA) is 68.9 Å². The third kappa shape index (κ3) is 3.44. The predicted octanol–water partition coefficient (Wildman–Crippen LogP) is 3.83. The van der Waals surface area contributed by atoms with Crippen molar-refractivity contribution in [3.63, 3.8) is 0 Å². The average Bonchev–Trinajstić information content (AvgIpc) is 3.06. The van der Waals surface area contributed by atoms with Gasteiger partial charge < -0.3 is 9.88 Å². The molecule has 1 fully saturated rings. The largest absolute Gasteiger partial charge is 0.365 e. The van der Waals surface area contributed by atoms with Crippen LogP contribution in [0.25, 0.3) is 11.3 Å². The molecule has 0 bridgehead atoms. The SMILES string of the molecule is [CH2]C1(C(=O)n2nc(-c3cccn(C)c3=O)cc2NCc2ccc(Cl)s2)CC1. The molecular weight excluding hydrogens is 384 g/mol. The van der Waals surface area contributed by atoms with Crippen LogP contribution >= 0.6 is 22.9 Å². The van der Waals surface area contributed by atoms with Gasteiger partial charge in [0.1, 0.15) is 11.5 Å². The molecule has 0 aliphatic heterocycles. The van der Waals surface area contributed by atoms with Crippen LogP contribution in [-0.4, -0.2) is 20.3 Å². The molecule has 1 saturated carbocycles. The summed E-state index contributed by atoms with van der Waals surface area (Å²) >= 11 is 7.45. The number of thiophene rings is 1. The smallest absolute Gasteiger partial charge is 0.259 e. The molecule has 3 heterocycles. The minimum atomic E-state index is -0.617. The van der Waals surface area contributed by atoms with Crippen LogP contribution in [0.5, 0.6) is 0 Å². The number of carbonyl (C=O) groups is 1. The molecular formula is C19H18ClN4O2S. The lowest BCUT2D eigenvalue weighted by molar-refractivity contribution is 0.0829. The van der Waals surface area contributed by atoms with Gasteiger partial charge in [0, 0.05) is 24.2 Å². The Kier molecular flexibility index (Phi) is 4.44. The van der Waals surface area contributed by atoms with Crippen molar-refractivity contribution in [2.24, 2.45) is 12.5 Å². The summed E-state index contributed by atoms with van der Waals surface area (Å²) in [5.41, 5.74) is 0.123. The van der Waals surface area contributed by atoms with Crippen LogP contribution < -0.4 is 10.9 Å². The molecule has 1 aliphatic rings. The van der Waals surface area contributed by atoms with Crippen molar-refractivity contribution in [1.82, 2.24) is 14.3 Å². The lowest BCUT2D eigenvalue weighted by Gasteiger charge is -2.11. The molecule has 139 valence electrons. The van der Waals surface area contributed by atoms with Crippen molar-refractivity contribution in [2.75, 3.05) is 5.32 Å². The number of nitrogens with zero attached hydrogens (tertiary/aromatic N) is 3. The predicted molar refractivity (Wildman–Crippen MR) is 107 cm³/mol. The lowest BCUT2D eigenvalue weighted by atomic mass is 10.1. The number of nitrogens with one attached hydrogen (secondary N) is 1. The molecule has 3 aromatic rings. The average molecular weight is 402 g/mol. The van der Waals surface area contributed by atoms with E-state index in [0.29, 0.717) is 28.0 Å². The first-order valence-corrected chi connectivity index (χ1v) is 9.71. The van der Waals surface area contributed by atoms with Crippen LogP contribution in [0.3, 0.4) is 0 Å². The zero-order chi connectivity index (χ0) is 19.2. The van der Waals surface area contributed by atoms with E-state index >= 15 is 0 Å². The fourth-order valence-corrected chi connectivity index (χ4v) is 3.83. The van der Waals surface area contributed by atoms with Crippen molar-refractivity contribution >= 4 is 34.7 Å². The standard InChI is InChI=1S/C19H18ClN4O2S/c1-19(7-8-19)18(26)24-16(21-11-12-5-6-15(20)27-12)10-14(22-24)13-4-3-9-23(2)17(13)25/h3-6,9-10,21H,1,7-8,11H2,2H3. The Morgan fingerprint density at radius 1 is 1.41 bits per heavy atom. The number of rotatable bonds is 5. The van der Waals surface area contributed by atoms with Crippen molar-refractivity contribution in [3.8, 4) is 11.3 Å². The minimum Gasteiger partial charge on any atom is -0.365 e. The molecule has 0 amide bonds. The highest BCUT2D eigenvalue weighted by atomic mass is 35.5. The summed E-state index contributed by atoms with van der Waals surface area (Å²) in [5.74, 6) is 0.383. The van der Waals surface area contributed by atoms with E-state index in [1.807, 2.05) is 12.1 Å². The Morgan fingerprint density at radius 2 is 2.19 bits per heavy atom. The first kappa shape index (κ1) is 18.0. The van der Waals surface area contributed by atoms with E-state index in [1.54, 1.807) is 31.4 Å². The number of anilines is 1. The second kappa shape index (κ2) is 6.65. The molecule has 0 spiro atoms. The molecule has 0 unspecified atom stereocenters. The van der Waals surface area contributed by atoms with Gasteiger partial charge in [-0.1, -0.05) is 11.6 Å². The third-order valence-corrected chi connectivity index (χ3v) is 5.91. The van der Waals surface area contributed by atoms with E-state index in [4.69, 9.17) is 11.6 Å². The van der Waals surface area contributed by atoms with E-state index in [0.717, 1.165) is 17.7 Å². The summed E-state index contributed by atoms with van der Waals surface area (Å²) in [5, 5.41) is 7.68. The Hall–Kier alpha value is -2.38. The van der Waals surface area contributed by atoms with Gasteiger partial charge in [0.05, 0.1) is 21.9 Å². The summed E-state index contributed by atoms with van der Waals surface area (Å²) < 4.78 is 3.54. The first-order valence-electron chi connectivity index (χ1n) is 8.52. The maximum Gasteiger partial charge on any atom is 0.259 e. The number of pyridine rings is 1. The number of carbonyl (C=O) groups excluding carboxylic acids is 1. The molecule has 6 nitrogen and oxygen atoms in total. The Morgan fingerprint density at radius 3 is 2.85 bits per heavy atom. The molecule has 0 atom stereocenters. The minimum absolute atomic E-state index is 0.159. The second-order valence-electron chi connectivity index (χ2n) is 6.81. The molecule has 0 aromatic carbocycles. The number of halogens is 1. The quantitative estimate of drug-likeness (QED) is 0.705. The summed E-state index contributed by atoms with van der Waals surface area (Å²) in [6.07, 6.45) is 3.17. The van der Waals surface area contributed by atoms with Crippen LogP contribution in [0, 0.1) is 12.3 Å². The summed E-state index contributed by atoms with van der Waals surface area (Å²) in [4.78, 5) is 26.3. The van der Waals surface area contributed by atoms with Crippen LogP contribution in [0.4, 0.5) is 5.82 Å². The zero-order valence-corrected chi connectivity index (χ0v) is 16.3. The van der Waals surface area contributed by atoms with Gasteiger partial charge in [0.25, 0.3) is 11.5 Å². The fraction of sp³-hybridized carbons (Fsp3) is 0.263. The van der Waals surface area contributed by atoms with E-state index in [1.165, 1.54) is 20.6 Å². The maximum absolute atomic E-state index is 12.9. The molecule has 1 aliphatic carbocycles. The number of aryl methyl sites for hydroxylation is 1. The molecule has 27 heavy (non-hydrogen) atoms. The molecule has 1 N–H and O–H groups in total. The van der Waals surface area contributed by atoms with Crippen LogP contribution in [0.1, 0.15) is 22.5 Å². The van der Waals surface area contributed by atoms with Crippen molar-refractivity contribution in [1.29, 1.82) is 0 Å². The Balaban J connectivity index is 1.71. The van der Waals surface area contributed by atoms with Gasteiger partial charge in [0.2, 0.25) is 0 Å². The van der Waals surface area contributed by atoms with Crippen LogP contribution in [-0.2, 0) is 13.6 Å². The molecule has 3 aromatic heterocycles. The Bertz CT molecular complexity index is 1080. The lowest BCUT2D eigenvalue weighted by Crippen LogP contribution is -2.24.